The van der Waals surface area contributed by atoms with E-state index in [1.54, 1.807) is 17.9 Å². The Kier molecular flexibility index (Phi) is 5.17. The number of halogens is 1. The van der Waals surface area contributed by atoms with E-state index in [4.69, 9.17) is 10.5 Å². The quantitative estimate of drug-likeness (QED) is 0.928. The molecule has 5 heteroatoms. The van der Waals surface area contributed by atoms with Crippen LogP contribution in [0.4, 0.5) is 4.39 Å². The fourth-order valence-electron chi connectivity index (χ4n) is 2.76. The lowest BCUT2D eigenvalue weighted by Crippen LogP contribution is -2.45. The predicted octanol–water partition coefficient (Wildman–Crippen LogP) is 2.42. The van der Waals surface area contributed by atoms with Gasteiger partial charge < -0.3 is 15.4 Å². The Bertz CT molecular complexity index is 505. The molecule has 1 saturated heterocycles. The molecule has 2 N–H and O–H groups in total. The Morgan fingerprint density at radius 3 is 3.00 bits per heavy atom. The third-order valence-corrected chi connectivity index (χ3v) is 3.97. The van der Waals surface area contributed by atoms with E-state index in [9.17, 15) is 9.18 Å². The molecule has 1 aliphatic heterocycles. The van der Waals surface area contributed by atoms with Gasteiger partial charge in [-0.25, -0.2) is 4.39 Å². The SMILES string of the molecule is CCOc1c(F)cccc1C(=O)N1CCC[C@@H]([C@@H](C)N)C1. The van der Waals surface area contributed by atoms with Crippen LogP contribution in [0.3, 0.4) is 0 Å². The molecule has 0 unspecified atom stereocenters. The Labute approximate surface area is 125 Å². The summed E-state index contributed by atoms with van der Waals surface area (Å²) in [5, 5.41) is 0. The lowest BCUT2D eigenvalue weighted by Gasteiger charge is -2.35. The van der Waals surface area contributed by atoms with Crippen LogP contribution < -0.4 is 10.5 Å². The molecule has 1 aromatic rings. The summed E-state index contributed by atoms with van der Waals surface area (Å²) in [7, 11) is 0. The highest BCUT2D eigenvalue weighted by molar-refractivity contribution is 5.97. The molecule has 21 heavy (non-hydrogen) atoms. The second-order valence-corrected chi connectivity index (χ2v) is 5.56. The number of nitrogens with zero attached hydrogens (tertiary/aromatic N) is 1. The minimum Gasteiger partial charge on any atom is -0.490 e. The first-order valence-corrected chi connectivity index (χ1v) is 7.50. The van der Waals surface area contributed by atoms with Crippen molar-refractivity contribution in [3.63, 3.8) is 0 Å². The maximum Gasteiger partial charge on any atom is 0.257 e. The van der Waals surface area contributed by atoms with Gasteiger partial charge in [-0.05, 0) is 44.7 Å². The van der Waals surface area contributed by atoms with Crippen molar-refractivity contribution >= 4 is 5.91 Å². The lowest BCUT2D eigenvalue weighted by atomic mass is 9.92. The second-order valence-electron chi connectivity index (χ2n) is 5.56. The van der Waals surface area contributed by atoms with Crippen LogP contribution in [0.1, 0.15) is 37.0 Å². The van der Waals surface area contributed by atoms with Crippen LogP contribution in [0.25, 0.3) is 0 Å². The standard InChI is InChI=1S/C16H23FN2O2/c1-3-21-15-13(7-4-8-14(15)17)16(20)19-9-5-6-12(10-19)11(2)18/h4,7-8,11-12H,3,5-6,9-10,18H2,1-2H3/t11-,12-/m1/s1. The maximum absolute atomic E-state index is 13.9. The Morgan fingerprint density at radius 2 is 2.33 bits per heavy atom. The molecule has 0 aromatic heterocycles. The van der Waals surface area contributed by atoms with Crippen LogP contribution in [0.5, 0.6) is 5.75 Å². The van der Waals surface area contributed by atoms with E-state index < -0.39 is 5.82 Å². The van der Waals surface area contributed by atoms with E-state index in [0.717, 1.165) is 12.8 Å². The van der Waals surface area contributed by atoms with Crippen molar-refractivity contribution in [1.82, 2.24) is 4.90 Å². The minimum absolute atomic E-state index is 0.0490. The van der Waals surface area contributed by atoms with Crippen LogP contribution in [0, 0.1) is 11.7 Å². The molecule has 0 spiro atoms. The van der Waals surface area contributed by atoms with Crippen LogP contribution in [0.2, 0.25) is 0 Å². The van der Waals surface area contributed by atoms with Crippen molar-refractivity contribution in [2.75, 3.05) is 19.7 Å². The minimum atomic E-state index is -0.497. The van der Waals surface area contributed by atoms with Crippen LogP contribution in [0.15, 0.2) is 18.2 Å². The number of hydrogen-bond acceptors (Lipinski definition) is 3. The molecule has 4 nitrogen and oxygen atoms in total. The average Bonchev–Trinajstić information content (AvgIpc) is 2.49. The smallest absolute Gasteiger partial charge is 0.257 e. The number of likely N-dealkylation sites (tertiary alicyclic amines) is 1. The Hall–Kier alpha value is -1.62. The van der Waals surface area contributed by atoms with Gasteiger partial charge in [0.25, 0.3) is 5.91 Å². The van der Waals surface area contributed by atoms with E-state index in [0.29, 0.717) is 31.2 Å². The van der Waals surface area contributed by atoms with Crippen LogP contribution in [-0.4, -0.2) is 36.5 Å². The highest BCUT2D eigenvalue weighted by atomic mass is 19.1. The monoisotopic (exact) mass is 294 g/mol. The third-order valence-electron chi connectivity index (χ3n) is 3.97. The molecular weight excluding hydrogens is 271 g/mol. The Morgan fingerprint density at radius 1 is 1.57 bits per heavy atom. The molecule has 0 aliphatic carbocycles. The first-order chi connectivity index (χ1) is 10.0. The van der Waals surface area contributed by atoms with E-state index in [1.165, 1.54) is 12.1 Å². The molecule has 0 saturated carbocycles. The van der Waals surface area contributed by atoms with Crippen LogP contribution >= 0.6 is 0 Å². The molecular formula is C16H23FN2O2. The number of benzene rings is 1. The van der Waals surface area contributed by atoms with Gasteiger partial charge in [-0.2, -0.15) is 0 Å². The summed E-state index contributed by atoms with van der Waals surface area (Å²) in [5.41, 5.74) is 6.24. The van der Waals surface area contributed by atoms with Gasteiger partial charge in [-0.1, -0.05) is 6.07 Å². The zero-order valence-electron chi connectivity index (χ0n) is 12.6. The van der Waals surface area contributed by atoms with Gasteiger partial charge in [0.15, 0.2) is 11.6 Å². The molecule has 1 amide bonds. The summed E-state index contributed by atoms with van der Waals surface area (Å²) in [6.45, 7) is 5.37. The molecule has 2 rings (SSSR count). The summed E-state index contributed by atoms with van der Waals surface area (Å²) in [5.74, 6) is -0.327. The van der Waals surface area contributed by atoms with Crippen molar-refractivity contribution in [2.24, 2.45) is 11.7 Å². The molecule has 1 heterocycles. The molecule has 1 fully saturated rings. The molecule has 2 atom stereocenters. The predicted molar refractivity (Wildman–Crippen MR) is 79.8 cm³/mol. The number of rotatable bonds is 4. The molecule has 0 bridgehead atoms. The van der Waals surface area contributed by atoms with E-state index >= 15 is 0 Å². The van der Waals surface area contributed by atoms with Gasteiger partial charge in [0.05, 0.1) is 12.2 Å². The first-order valence-electron chi connectivity index (χ1n) is 7.50. The van der Waals surface area contributed by atoms with Crippen molar-refractivity contribution in [3.8, 4) is 5.75 Å². The third kappa shape index (κ3) is 3.53. The van der Waals surface area contributed by atoms with Crippen molar-refractivity contribution in [1.29, 1.82) is 0 Å². The number of amides is 1. The zero-order valence-corrected chi connectivity index (χ0v) is 12.6. The summed E-state index contributed by atoms with van der Waals surface area (Å²) < 4.78 is 19.2. The fraction of sp³-hybridized carbons (Fsp3) is 0.562. The summed E-state index contributed by atoms with van der Waals surface area (Å²) in [4.78, 5) is 14.4. The van der Waals surface area contributed by atoms with Gasteiger partial charge in [0.2, 0.25) is 0 Å². The number of hydrogen-bond donors (Lipinski definition) is 1. The second kappa shape index (κ2) is 6.89. The van der Waals surface area contributed by atoms with Crippen molar-refractivity contribution in [2.45, 2.75) is 32.7 Å². The topological polar surface area (TPSA) is 55.6 Å². The van der Waals surface area contributed by atoms with E-state index in [1.807, 2.05) is 6.92 Å². The van der Waals surface area contributed by atoms with Gasteiger partial charge in [-0.3, -0.25) is 4.79 Å². The number of nitrogens with two attached hydrogens (primary N) is 1. The number of ether oxygens (including phenoxy) is 1. The normalized spacial score (nSPS) is 20.2. The molecule has 0 radical (unpaired) electrons. The van der Waals surface area contributed by atoms with Crippen molar-refractivity contribution in [3.05, 3.63) is 29.6 Å². The average molecular weight is 294 g/mol. The van der Waals surface area contributed by atoms with E-state index in [-0.39, 0.29) is 17.7 Å². The largest absolute Gasteiger partial charge is 0.490 e. The molecule has 1 aromatic carbocycles. The van der Waals surface area contributed by atoms with Gasteiger partial charge in [-0.15, -0.1) is 0 Å². The fourth-order valence-corrected chi connectivity index (χ4v) is 2.76. The zero-order chi connectivity index (χ0) is 15.4. The van der Waals surface area contributed by atoms with E-state index in [2.05, 4.69) is 0 Å². The molecule has 116 valence electrons. The van der Waals surface area contributed by atoms with Crippen molar-refractivity contribution < 1.29 is 13.9 Å². The lowest BCUT2D eigenvalue weighted by molar-refractivity contribution is 0.0656. The maximum atomic E-state index is 13.9. The summed E-state index contributed by atoms with van der Waals surface area (Å²) in [6.07, 6.45) is 1.96. The number of para-hydroxylation sites is 1. The number of piperidine rings is 1. The highest BCUT2D eigenvalue weighted by Crippen LogP contribution is 2.27. The summed E-state index contributed by atoms with van der Waals surface area (Å²) >= 11 is 0. The van der Waals surface area contributed by atoms with Gasteiger partial charge in [0.1, 0.15) is 0 Å². The highest BCUT2D eigenvalue weighted by Gasteiger charge is 2.28. The van der Waals surface area contributed by atoms with Gasteiger partial charge in [0, 0.05) is 19.1 Å². The Balaban J connectivity index is 2.21. The molecule has 1 aliphatic rings. The number of carbonyl (C=O) groups is 1. The number of carbonyl (C=O) groups excluding carboxylic acids is 1. The first kappa shape index (κ1) is 15.8. The van der Waals surface area contributed by atoms with Gasteiger partial charge >= 0.3 is 0 Å². The summed E-state index contributed by atoms with van der Waals surface area (Å²) in [6, 6.07) is 4.52. The van der Waals surface area contributed by atoms with Crippen LogP contribution in [-0.2, 0) is 0 Å².